The Kier molecular flexibility index (Phi) is 5.84. The second kappa shape index (κ2) is 8.69. The van der Waals surface area contributed by atoms with Gasteiger partial charge < -0.3 is 4.57 Å². The molecule has 150 valence electrons. The van der Waals surface area contributed by atoms with Crippen LogP contribution in [0.3, 0.4) is 0 Å². The molecule has 1 aromatic carbocycles. The molecule has 0 atom stereocenters. The van der Waals surface area contributed by atoms with Gasteiger partial charge in [-0.1, -0.05) is 26.0 Å². The van der Waals surface area contributed by atoms with Gasteiger partial charge in [-0.05, 0) is 69.0 Å². The van der Waals surface area contributed by atoms with Crippen LogP contribution in [0.4, 0.5) is 0 Å². The first-order valence-electron chi connectivity index (χ1n) is 9.82. The third-order valence-electron chi connectivity index (χ3n) is 4.69. The summed E-state index contributed by atoms with van der Waals surface area (Å²) in [5, 5.41) is 18.9. The van der Waals surface area contributed by atoms with E-state index in [0.29, 0.717) is 5.82 Å². The lowest BCUT2D eigenvalue weighted by Gasteiger charge is -2.11. The molecule has 0 bridgehead atoms. The van der Waals surface area contributed by atoms with Crippen molar-refractivity contribution >= 4 is 15.9 Å². The Balaban J connectivity index is 1.59. The van der Waals surface area contributed by atoms with E-state index < -0.39 is 0 Å². The van der Waals surface area contributed by atoms with Crippen LogP contribution in [0.15, 0.2) is 41.0 Å². The molecule has 0 aliphatic rings. The van der Waals surface area contributed by atoms with E-state index in [-0.39, 0.29) is 0 Å². The molecule has 0 aliphatic carbocycles. The van der Waals surface area contributed by atoms with Crippen LogP contribution in [0.2, 0.25) is 0 Å². The lowest BCUT2D eigenvalue weighted by Crippen LogP contribution is -2.07. The van der Waals surface area contributed by atoms with Gasteiger partial charge in [0, 0.05) is 18.5 Å². The Morgan fingerprint density at radius 3 is 2.48 bits per heavy atom. The molecule has 3 heterocycles. The molecule has 29 heavy (non-hydrogen) atoms. The van der Waals surface area contributed by atoms with Crippen LogP contribution in [0.1, 0.15) is 43.9 Å². The Morgan fingerprint density at radius 2 is 1.79 bits per heavy atom. The zero-order valence-corrected chi connectivity index (χ0v) is 18.1. The zero-order valence-electron chi connectivity index (χ0n) is 16.5. The average molecular weight is 455 g/mol. The molecule has 0 spiro atoms. The SMILES string of the molecule is CCCc1nc(CCC)n(Cc2ccc(-n3c(Br)ccc3-c3nnn[nH]3)cc2)n1. The quantitative estimate of drug-likeness (QED) is 0.434. The molecule has 9 heteroatoms. The number of hydrogen-bond donors (Lipinski definition) is 1. The van der Waals surface area contributed by atoms with Crippen LogP contribution in [-0.4, -0.2) is 40.0 Å². The predicted octanol–water partition coefficient (Wildman–Crippen LogP) is 3.96. The summed E-state index contributed by atoms with van der Waals surface area (Å²) in [5.41, 5.74) is 3.10. The van der Waals surface area contributed by atoms with Gasteiger partial charge in [0.1, 0.15) is 5.82 Å². The number of aromatic amines is 1. The lowest BCUT2D eigenvalue weighted by atomic mass is 10.2. The molecule has 1 N–H and O–H groups in total. The van der Waals surface area contributed by atoms with Gasteiger partial charge in [0.25, 0.3) is 0 Å². The fourth-order valence-corrected chi connectivity index (χ4v) is 3.87. The van der Waals surface area contributed by atoms with Gasteiger partial charge >= 0.3 is 0 Å². The molecule has 0 unspecified atom stereocenters. The number of aromatic nitrogens is 8. The number of tetrazole rings is 1. The van der Waals surface area contributed by atoms with Crippen molar-refractivity contribution in [2.24, 2.45) is 0 Å². The van der Waals surface area contributed by atoms with Gasteiger partial charge in [-0.2, -0.15) is 5.10 Å². The molecule has 8 nitrogen and oxygen atoms in total. The minimum atomic E-state index is 0.620. The highest BCUT2D eigenvalue weighted by molar-refractivity contribution is 9.10. The fraction of sp³-hybridized carbons (Fsp3) is 0.350. The summed E-state index contributed by atoms with van der Waals surface area (Å²) in [6.07, 6.45) is 3.98. The lowest BCUT2D eigenvalue weighted by molar-refractivity contribution is 0.623. The molecule has 0 aliphatic heterocycles. The Bertz CT molecular complexity index is 1060. The summed E-state index contributed by atoms with van der Waals surface area (Å²) in [4.78, 5) is 4.71. The van der Waals surface area contributed by atoms with Crippen molar-refractivity contribution in [3.63, 3.8) is 0 Å². The molecule has 3 aromatic heterocycles. The van der Waals surface area contributed by atoms with Crippen LogP contribution in [0.25, 0.3) is 17.2 Å². The van der Waals surface area contributed by atoms with Gasteiger partial charge in [-0.3, -0.25) is 0 Å². The number of benzene rings is 1. The second-order valence-corrected chi connectivity index (χ2v) is 7.71. The van der Waals surface area contributed by atoms with Crippen molar-refractivity contribution < 1.29 is 0 Å². The van der Waals surface area contributed by atoms with E-state index in [0.717, 1.165) is 59.9 Å². The van der Waals surface area contributed by atoms with Gasteiger partial charge in [-0.15, -0.1) is 5.10 Å². The van der Waals surface area contributed by atoms with E-state index in [1.54, 1.807) is 0 Å². The third kappa shape index (κ3) is 4.14. The smallest absolute Gasteiger partial charge is 0.196 e. The highest BCUT2D eigenvalue weighted by atomic mass is 79.9. The summed E-state index contributed by atoms with van der Waals surface area (Å²) >= 11 is 3.61. The van der Waals surface area contributed by atoms with E-state index in [1.807, 2.05) is 16.8 Å². The number of H-pyrrole nitrogens is 1. The largest absolute Gasteiger partial charge is 0.301 e. The highest BCUT2D eigenvalue weighted by Crippen LogP contribution is 2.27. The van der Waals surface area contributed by atoms with Crippen molar-refractivity contribution in [3.8, 4) is 17.2 Å². The second-order valence-electron chi connectivity index (χ2n) is 6.89. The maximum Gasteiger partial charge on any atom is 0.196 e. The molecule has 0 amide bonds. The average Bonchev–Trinajstić information content (AvgIpc) is 3.44. The van der Waals surface area contributed by atoms with Crippen molar-refractivity contribution in [2.75, 3.05) is 0 Å². The monoisotopic (exact) mass is 454 g/mol. The van der Waals surface area contributed by atoms with Crippen LogP contribution >= 0.6 is 15.9 Å². The molecule has 4 aromatic rings. The van der Waals surface area contributed by atoms with E-state index in [9.17, 15) is 0 Å². The van der Waals surface area contributed by atoms with E-state index >= 15 is 0 Å². The van der Waals surface area contributed by atoms with E-state index in [1.165, 1.54) is 5.56 Å². The molecule has 0 saturated carbocycles. The molecule has 4 rings (SSSR count). The Labute approximate surface area is 177 Å². The number of hydrogen-bond acceptors (Lipinski definition) is 5. The molecular formula is C20H23BrN8. The number of rotatable bonds is 8. The summed E-state index contributed by atoms with van der Waals surface area (Å²) in [5.74, 6) is 2.62. The maximum absolute atomic E-state index is 4.71. The van der Waals surface area contributed by atoms with E-state index in [4.69, 9.17) is 10.1 Å². The molecule has 0 radical (unpaired) electrons. The summed E-state index contributed by atoms with van der Waals surface area (Å²) < 4.78 is 5.03. The maximum atomic E-state index is 4.71. The third-order valence-corrected chi connectivity index (χ3v) is 5.31. The minimum absolute atomic E-state index is 0.620. The number of halogens is 1. The summed E-state index contributed by atoms with van der Waals surface area (Å²) in [7, 11) is 0. The van der Waals surface area contributed by atoms with Gasteiger partial charge in [-0.25, -0.2) is 14.8 Å². The predicted molar refractivity (Wildman–Crippen MR) is 114 cm³/mol. The number of nitrogens with one attached hydrogen (secondary N) is 1. The Hall–Kier alpha value is -2.81. The van der Waals surface area contributed by atoms with Crippen molar-refractivity contribution in [2.45, 2.75) is 46.1 Å². The Morgan fingerprint density at radius 1 is 1.00 bits per heavy atom. The van der Waals surface area contributed by atoms with Crippen molar-refractivity contribution in [1.29, 1.82) is 0 Å². The van der Waals surface area contributed by atoms with Crippen LogP contribution in [0.5, 0.6) is 0 Å². The van der Waals surface area contributed by atoms with Crippen LogP contribution < -0.4 is 0 Å². The topological polar surface area (TPSA) is 90.1 Å². The fourth-order valence-electron chi connectivity index (χ4n) is 3.34. The van der Waals surface area contributed by atoms with Gasteiger partial charge in [0.05, 0.1) is 16.8 Å². The summed E-state index contributed by atoms with van der Waals surface area (Å²) in [6, 6.07) is 12.4. The van der Waals surface area contributed by atoms with Crippen LogP contribution in [-0.2, 0) is 19.4 Å². The van der Waals surface area contributed by atoms with Crippen molar-refractivity contribution in [3.05, 3.63) is 58.2 Å². The first-order valence-corrected chi connectivity index (χ1v) is 10.6. The standard InChI is InChI=1S/C20H23BrN8/c1-3-5-18-22-19(6-4-2)28(25-18)13-14-7-9-15(10-8-14)29-16(11-12-17(29)21)20-23-26-27-24-20/h7-12H,3-6,13H2,1-2H3,(H,23,24,26,27). The van der Waals surface area contributed by atoms with Crippen LogP contribution in [0, 0.1) is 0 Å². The zero-order chi connectivity index (χ0) is 20.2. The minimum Gasteiger partial charge on any atom is -0.301 e. The summed E-state index contributed by atoms with van der Waals surface area (Å²) in [6.45, 7) is 5.05. The molecule has 0 saturated heterocycles. The van der Waals surface area contributed by atoms with Gasteiger partial charge in [0.2, 0.25) is 0 Å². The molecule has 0 fully saturated rings. The number of aryl methyl sites for hydroxylation is 2. The molecular weight excluding hydrogens is 432 g/mol. The number of nitrogens with zero attached hydrogens (tertiary/aromatic N) is 7. The van der Waals surface area contributed by atoms with Crippen molar-refractivity contribution in [1.82, 2.24) is 40.0 Å². The first-order chi connectivity index (χ1) is 14.2. The first kappa shape index (κ1) is 19.5. The highest BCUT2D eigenvalue weighted by Gasteiger charge is 2.14. The van der Waals surface area contributed by atoms with E-state index in [2.05, 4.69) is 79.2 Å². The van der Waals surface area contributed by atoms with Gasteiger partial charge in [0.15, 0.2) is 11.6 Å². The normalized spacial score (nSPS) is 11.3.